The van der Waals surface area contributed by atoms with Crippen LogP contribution in [0.25, 0.3) is 0 Å². The summed E-state index contributed by atoms with van der Waals surface area (Å²) >= 11 is 0. The molecule has 124 valence electrons. The van der Waals surface area contributed by atoms with E-state index in [4.69, 9.17) is 14.2 Å². The summed E-state index contributed by atoms with van der Waals surface area (Å²) < 4.78 is 15.9. The first kappa shape index (κ1) is 14.7. The Hall–Kier alpha value is -1.85. The number of carbonyl (C=O) groups is 3. The van der Waals surface area contributed by atoms with Gasteiger partial charge in [-0.25, -0.2) is 9.59 Å². The molecule has 6 heteroatoms. The standard InChI is InChI=1S/C17H20O6/c1-7(2)16(19)21-6-13(18)23-15-10-3-8-4-11-14(8)9(10)5-12(15)22-17(11)20/h8-12,14-15H,1,3-6H2,2H3. The fourth-order valence-corrected chi connectivity index (χ4v) is 5.07. The van der Waals surface area contributed by atoms with E-state index in [1.54, 1.807) is 0 Å². The van der Waals surface area contributed by atoms with Gasteiger partial charge < -0.3 is 14.2 Å². The molecule has 1 aliphatic heterocycles. The molecule has 0 spiro atoms. The van der Waals surface area contributed by atoms with Crippen molar-refractivity contribution in [2.75, 3.05) is 6.61 Å². The van der Waals surface area contributed by atoms with E-state index in [-0.39, 0.29) is 29.5 Å². The van der Waals surface area contributed by atoms with Crippen molar-refractivity contribution in [3.63, 3.8) is 0 Å². The van der Waals surface area contributed by atoms with Gasteiger partial charge in [0.15, 0.2) is 6.61 Å². The highest BCUT2D eigenvalue weighted by Crippen LogP contribution is 2.64. The average molecular weight is 320 g/mol. The first-order valence-electron chi connectivity index (χ1n) is 8.18. The lowest BCUT2D eigenvalue weighted by Crippen LogP contribution is -2.42. The molecule has 6 nitrogen and oxygen atoms in total. The normalized spacial score (nSPS) is 42.3. The van der Waals surface area contributed by atoms with Gasteiger partial charge in [0.25, 0.3) is 0 Å². The van der Waals surface area contributed by atoms with E-state index in [0.717, 1.165) is 19.3 Å². The Morgan fingerprint density at radius 3 is 2.78 bits per heavy atom. The molecule has 0 N–H and O–H groups in total. The molecule has 7 atom stereocenters. The van der Waals surface area contributed by atoms with Crippen LogP contribution in [0.2, 0.25) is 0 Å². The van der Waals surface area contributed by atoms with Crippen molar-refractivity contribution in [2.45, 2.75) is 38.4 Å². The van der Waals surface area contributed by atoms with Crippen LogP contribution in [0.3, 0.4) is 0 Å². The molecule has 23 heavy (non-hydrogen) atoms. The molecule has 0 aromatic rings. The van der Waals surface area contributed by atoms with Gasteiger partial charge in [-0.05, 0) is 43.9 Å². The van der Waals surface area contributed by atoms with Crippen LogP contribution in [0, 0.1) is 29.6 Å². The summed E-state index contributed by atoms with van der Waals surface area (Å²) in [5.74, 6) is 0.410. The van der Waals surface area contributed by atoms with Crippen LogP contribution in [0.5, 0.6) is 0 Å². The molecule has 4 fully saturated rings. The van der Waals surface area contributed by atoms with E-state index in [9.17, 15) is 14.4 Å². The third-order valence-corrected chi connectivity index (χ3v) is 5.99. The molecule has 3 aliphatic carbocycles. The zero-order valence-corrected chi connectivity index (χ0v) is 13.0. The van der Waals surface area contributed by atoms with Gasteiger partial charge in [-0.3, -0.25) is 4.79 Å². The Morgan fingerprint density at radius 2 is 2.04 bits per heavy atom. The molecule has 1 saturated heterocycles. The first-order chi connectivity index (χ1) is 11.0. The summed E-state index contributed by atoms with van der Waals surface area (Å²) in [6.07, 6.45) is 1.97. The van der Waals surface area contributed by atoms with Gasteiger partial charge in [0.2, 0.25) is 0 Å². The topological polar surface area (TPSA) is 78.9 Å². The molecular weight excluding hydrogens is 300 g/mol. The van der Waals surface area contributed by atoms with Crippen LogP contribution in [-0.4, -0.2) is 36.7 Å². The van der Waals surface area contributed by atoms with Crippen LogP contribution in [0.15, 0.2) is 12.2 Å². The summed E-state index contributed by atoms with van der Waals surface area (Å²) in [5.41, 5.74) is 0.235. The zero-order chi connectivity index (χ0) is 16.3. The maximum Gasteiger partial charge on any atom is 0.344 e. The van der Waals surface area contributed by atoms with Crippen LogP contribution < -0.4 is 0 Å². The van der Waals surface area contributed by atoms with Crippen molar-refractivity contribution in [2.24, 2.45) is 29.6 Å². The number of hydrogen-bond donors (Lipinski definition) is 0. The summed E-state index contributed by atoms with van der Waals surface area (Å²) in [7, 11) is 0. The minimum absolute atomic E-state index is 0.0631. The van der Waals surface area contributed by atoms with E-state index >= 15 is 0 Å². The minimum atomic E-state index is -0.614. The maximum absolute atomic E-state index is 12.1. The van der Waals surface area contributed by atoms with Crippen LogP contribution >= 0.6 is 0 Å². The predicted octanol–water partition coefficient (Wildman–Crippen LogP) is 1.23. The predicted molar refractivity (Wildman–Crippen MR) is 76.8 cm³/mol. The molecule has 7 unspecified atom stereocenters. The molecule has 1 heterocycles. The smallest absolute Gasteiger partial charge is 0.344 e. The lowest BCUT2D eigenvalue weighted by atomic mass is 9.64. The van der Waals surface area contributed by atoms with Gasteiger partial charge in [-0.1, -0.05) is 6.58 Å². The van der Waals surface area contributed by atoms with Crippen LogP contribution in [0.1, 0.15) is 26.2 Å². The third kappa shape index (κ3) is 2.18. The molecule has 4 rings (SSSR count). The van der Waals surface area contributed by atoms with Crippen molar-refractivity contribution in [3.8, 4) is 0 Å². The Kier molecular flexibility index (Phi) is 3.25. The van der Waals surface area contributed by atoms with Crippen molar-refractivity contribution < 1.29 is 28.6 Å². The van der Waals surface area contributed by atoms with Crippen molar-refractivity contribution in [1.82, 2.24) is 0 Å². The number of esters is 3. The highest BCUT2D eigenvalue weighted by Gasteiger charge is 2.66. The molecule has 0 aromatic carbocycles. The molecule has 0 aromatic heterocycles. The highest BCUT2D eigenvalue weighted by atomic mass is 16.6. The van der Waals surface area contributed by atoms with Crippen molar-refractivity contribution in [1.29, 1.82) is 0 Å². The molecular formula is C17H20O6. The number of rotatable bonds is 4. The second kappa shape index (κ2) is 5.08. The molecule has 0 radical (unpaired) electrons. The Morgan fingerprint density at radius 1 is 1.26 bits per heavy atom. The Balaban J connectivity index is 1.42. The van der Waals surface area contributed by atoms with Crippen LogP contribution in [-0.2, 0) is 28.6 Å². The fourth-order valence-electron chi connectivity index (χ4n) is 5.07. The summed E-state index contributed by atoms with van der Waals surface area (Å²) in [6, 6.07) is 0. The summed E-state index contributed by atoms with van der Waals surface area (Å²) in [5, 5.41) is 0. The quantitative estimate of drug-likeness (QED) is 0.440. The Bertz CT molecular complexity index is 596. The van der Waals surface area contributed by atoms with E-state index in [1.165, 1.54) is 6.92 Å². The SMILES string of the molecule is C=C(C)C(=O)OCC(=O)OC1C2CC3C1CC1CC(C(=O)O2)C13. The monoisotopic (exact) mass is 320 g/mol. The molecule has 3 saturated carbocycles. The second-order valence-electron chi connectivity index (χ2n) is 7.27. The number of carbonyl (C=O) groups excluding carboxylic acids is 3. The maximum atomic E-state index is 12.1. The van der Waals surface area contributed by atoms with Gasteiger partial charge in [0, 0.05) is 11.5 Å². The first-order valence-corrected chi connectivity index (χ1v) is 8.18. The van der Waals surface area contributed by atoms with Crippen molar-refractivity contribution in [3.05, 3.63) is 12.2 Å². The van der Waals surface area contributed by atoms with Gasteiger partial charge >= 0.3 is 17.9 Å². The molecule has 2 bridgehead atoms. The summed E-state index contributed by atoms with van der Waals surface area (Å²) in [6.45, 7) is 4.54. The number of fused-ring (bicyclic) bond motifs is 1. The fraction of sp³-hybridized carbons (Fsp3) is 0.706. The van der Waals surface area contributed by atoms with E-state index < -0.39 is 24.6 Å². The van der Waals surface area contributed by atoms with Gasteiger partial charge in [-0.15, -0.1) is 0 Å². The van der Waals surface area contributed by atoms with E-state index in [2.05, 4.69) is 6.58 Å². The van der Waals surface area contributed by atoms with E-state index in [0.29, 0.717) is 17.8 Å². The zero-order valence-electron chi connectivity index (χ0n) is 13.0. The lowest BCUT2D eigenvalue weighted by Gasteiger charge is -2.39. The Labute approximate surface area is 134 Å². The lowest BCUT2D eigenvalue weighted by molar-refractivity contribution is -0.176. The van der Waals surface area contributed by atoms with Gasteiger partial charge in [0.1, 0.15) is 12.2 Å². The largest absolute Gasteiger partial charge is 0.458 e. The van der Waals surface area contributed by atoms with Crippen LogP contribution in [0.4, 0.5) is 0 Å². The molecule has 4 aliphatic rings. The van der Waals surface area contributed by atoms with E-state index in [1.807, 2.05) is 0 Å². The summed E-state index contributed by atoms with van der Waals surface area (Å²) in [4.78, 5) is 35.4. The molecule has 0 amide bonds. The van der Waals surface area contributed by atoms with Crippen molar-refractivity contribution >= 4 is 17.9 Å². The average Bonchev–Trinajstić information content (AvgIpc) is 2.89. The number of ether oxygens (including phenoxy) is 3. The minimum Gasteiger partial charge on any atom is -0.458 e. The van der Waals surface area contributed by atoms with Gasteiger partial charge in [0.05, 0.1) is 5.92 Å². The highest BCUT2D eigenvalue weighted by molar-refractivity contribution is 5.88. The number of hydrogen-bond acceptors (Lipinski definition) is 6. The van der Waals surface area contributed by atoms with Gasteiger partial charge in [-0.2, -0.15) is 0 Å². The third-order valence-electron chi connectivity index (χ3n) is 5.99. The second-order valence-corrected chi connectivity index (χ2v) is 7.27.